The monoisotopic (exact) mass is 397 g/mol. The van der Waals surface area contributed by atoms with Crippen LogP contribution in [0.25, 0.3) is 0 Å². The molecule has 0 aromatic heterocycles. The van der Waals surface area contributed by atoms with Gasteiger partial charge < -0.3 is 14.5 Å². The van der Waals surface area contributed by atoms with Crippen molar-refractivity contribution >= 4 is 27.5 Å². The summed E-state index contributed by atoms with van der Waals surface area (Å²) < 4.78 is 31.0. The molecule has 9 heteroatoms. The molecule has 0 N–H and O–H groups in total. The number of nitrogens with zero attached hydrogens (tertiary/aromatic N) is 3. The van der Waals surface area contributed by atoms with Gasteiger partial charge in [0.25, 0.3) is 0 Å². The van der Waals surface area contributed by atoms with E-state index in [9.17, 15) is 18.0 Å². The van der Waals surface area contributed by atoms with Gasteiger partial charge in [-0.25, -0.2) is 8.42 Å². The van der Waals surface area contributed by atoms with Gasteiger partial charge in [-0.1, -0.05) is 0 Å². The normalized spacial score (nSPS) is 14.8. The summed E-state index contributed by atoms with van der Waals surface area (Å²) in [5, 5.41) is 0. The van der Waals surface area contributed by atoms with Crippen LogP contribution in [-0.4, -0.2) is 75.6 Å². The van der Waals surface area contributed by atoms with Gasteiger partial charge in [0.05, 0.1) is 18.6 Å². The van der Waals surface area contributed by atoms with Crippen LogP contribution in [0.15, 0.2) is 24.3 Å². The average molecular weight is 397 g/mol. The fourth-order valence-electron chi connectivity index (χ4n) is 2.99. The zero-order valence-corrected chi connectivity index (χ0v) is 16.9. The van der Waals surface area contributed by atoms with Crippen molar-refractivity contribution in [1.29, 1.82) is 0 Å². The molecule has 0 saturated carbocycles. The van der Waals surface area contributed by atoms with E-state index in [1.54, 1.807) is 34.1 Å². The fourth-order valence-corrected chi connectivity index (χ4v) is 3.92. The zero-order chi connectivity index (χ0) is 20.0. The second-order valence-corrected chi connectivity index (χ2v) is 8.31. The number of carbonyl (C=O) groups excluding carboxylic acids is 2. The first-order valence-corrected chi connectivity index (χ1v) is 10.8. The summed E-state index contributed by atoms with van der Waals surface area (Å²) >= 11 is 0. The number of carbonyl (C=O) groups is 2. The highest BCUT2D eigenvalue weighted by Gasteiger charge is 2.24. The molecule has 1 fully saturated rings. The lowest BCUT2D eigenvalue weighted by Gasteiger charge is -2.34. The molecule has 0 bridgehead atoms. The van der Waals surface area contributed by atoms with E-state index in [-0.39, 0.29) is 24.8 Å². The SMILES string of the molecule is CCOc1ccc(N(CCC(=O)N2CCN(C(C)=O)CC2)S(C)(=O)=O)cc1. The van der Waals surface area contributed by atoms with Crippen molar-refractivity contribution in [2.24, 2.45) is 0 Å². The van der Waals surface area contributed by atoms with Gasteiger partial charge in [0.2, 0.25) is 21.8 Å². The molecular formula is C18H27N3O5S. The number of rotatable bonds is 7. The van der Waals surface area contributed by atoms with Crippen LogP contribution in [0.3, 0.4) is 0 Å². The molecule has 0 unspecified atom stereocenters. The number of hydrogen-bond donors (Lipinski definition) is 0. The summed E-state index contributed by atoms with van der Waals surface area (Å²) in [7, 11) is -3.52. The maximum atomic E-state index is 12.5. The smallest absolute Gasteiger partial charge is 0.232 e. The molecule has 2 rings (SSSR count). The molecule has 1 aromatic rings. The van der Waals surface area contributed by atoms with Gasteiger partial charge in [0.1, 0.15) is 5.75 Å². The summed E-state index contributed by atoms with van der Waals surface area (Å²) in [5.41, 5.74) is 0.496. The van der Waals surface area contributed by atoms with E-state index in [0.29, 0.717) is 44.2 Å². The quantitative estimate of drug-likeness (QED) is 0.683. The largest absolute Gasteiger partial charge is 0.494 e. The standard InChI is InChI=1S/C18H27N3O5S/c1-4-26-17-7-5-16(6-8-17)21(27(3,24)25)10-9-18(23)20-13-11-19(12-14-20)15(2)22/h5-8H,4,9-14H2,1-3H3. The van der Waals surface area contributed by atoms with E-state index in [1.165, 1.54) is 11.2 Å². The van der Waals surface area contributed by atoms with E-state index < -0.39 is 10.0 Å². The average Bonchev–Trinajstić information content (AvgIpc) is 2.62. The van der Waals surface area contributed by atoms with Crippen molar-refractivity contribution in [2.75, 3.05) is 49.9 Å². The topological polar surface area (TPSA) is 87.2 Å². The number of benzene rings is 1. The first-order valence-electron chi connectivity index (χ1n) is 8.96. The van der Waals surface area contributed by atoms with Gasteiger partial charge in [-0.05, 0) is 31.2 Å². The van der Waals surface area contributed by atoms with Gasteiger partial charge in [-0.3, -0.25) is 13.9 Å². The number of anilines is 1. The molecular weight excluding hydrogens is 370 g/mol. The van der Waals surface area contributed by atoms with Crippen molar-refractivity contribution in [2.45, 2.75) is 20.3 Å². The Hall–Kier alpha value is -2.29. The predicted octanol–water partition coefficient (Wildman–Crippen LogP) is 0.932. The van der Waals surface area contributed by atoms with Crippen molar-refractivity contribution in [3.63, 3.8) is 0 Å². The summed E-state index contributed by atoms with van der Waals surface area (Å²) in [4.78, 5) is 27.2. The molecule has 1 aromatic carbocycles. The Balaban J connectivity index is 1.99. The Morgan fingerprint density at radius 1 is 1.07 bits per heavy atom. The Bertz CT molecular complexity index is 756. The lowest BCUT2D eigenvalue weighted by molar-refractivity contribution is -0.138. The molecule has 1 saturated heterocycles. The van der Waals surface area contributed by atoms with Gasteiger partial charge in [0, 0.05) is 46.1 Å². The highest BCUT2D eigenvalue weighted by Crippen LogP contribution is 2.22. The van der Waals surface area contributed by atoms with E-state index in [1.807, 2.05) is 6.92 Å². The number of sulfonamides is 1. The fraction of sp³-hybridized carbons (Fsp3) is 0.556. The Labute approximate surface area is 160 Å². The molecule has 8 nitrogen and oxygen atoms in total. The van der Waals surface area contributed by atoms with Crippen molar-refractivity contribution in [3.8, 4) is 5.75 Å². The van der Waals surface area contributed by atoms with E-state index in [4.69, 9.17) is 4.74 Å². The van der Waals surface area contributed by atoms with Crippen molar-refractivity contribution in [1.82, 2.24) is 9.80 Å². The molecule has 1 aliphatic rings. The highest BCUT2D eigenvalue weighted by molar-refractivity contribution is 7.92. The molecule has 0 radical (unpaired) electrons. The van der Waals surface area contributed by atoms with Crippen LogP contribution in [0.1, 0.15) is 20.3 Å². The third kappa shape index (κ3) is 5.85. The number of hydrogen-bond acceptors (Lipinski definition) is 5. The Morgan fingerprint density at radius 3 is 2.11 bits per heavy atom. The highest BCUT2D eigenvalue weighted by atomic mass is 32.2. The minimum Gasteiger partial charge on any atom is -0.494 e. The second kappa shape index (κ2) is 9.07. The summed E-state index contributed by atoms with van der Waals surface area (Å²) in [6.07, 6.45) is 1.21. The maximum Gasteiger partial charge on any atom is 0.232 e. The van der Waals surface area contributed by atoms with Gasteiger partial charge >= 0.3 is 0 Å². The first-order chi connectivity index (χ1) is 12.7. The molecule has 1 heterocycles. The van der Waals surface area contributed by atoms with Crippen molar-refractivity contribution in [3.05, 3.63) is 24.3 Å². The van der Waals surface area contributed by atoms with E-state index in [0.717, 1.165) is 6.26 Å². The lowest BCUT2D eigenvalue weighted by atomic mass is 10.2. The number of piperazine rings is 1. The minimum absolute atomic E-state index is 0.000787. The lowest BCUT2D eigenvalue weighted by Crippen LogP contribution is -2.50. The maximum absolute atomic E-state index is 12.5. The van der Waals surface area contributed by atoms with Crippen LogP contribution >= 0.6 is 0 Å². The van der Waals surface area contributed by atoms with Crippen LogP contribution in [0.2, 0.25) is 0 Å². The third-order valence-corrected chi connectivity index (χ3v) is 5.64. The third-order valence-electron chi connectivity index (χ3n) is 4.44. The molecule has 2 amide bonds. The second-order valence-electron chi connectivity index (χ2n) is 6.40. The van der Waals surface area contributed by atoms with Crippen LogP contribution in [0, 0.1) is 0 Å². The summed E-state index contributed by atoms with van der Waals surface area (Å²) in [5.74, 6) is 0.549. The summed E-state index contributed by atoms with van der Waals surface area (Å²) in [6.45, 7) is 5.95. The van der Waals surface area contributed by atoms with E-state index >= 15 is 0 Å². The predicted molar refractivity (Wildman–Crippen MR) is 103 cm³/mol. The van der Waals surface area contributed by atoms with Gasteiger partial charge in [-0.15, -0.1) is 0 Å². The Morgan fingerprint density at radius 2 is 1.63 bits per heavy atom. The van der Waals surface area contributed by atoms with Crippen LogP contribution in [0.5, 0.6) is 5.75 Å². The van der Waals surface area contributed by atoms with Crippen LogP contribution in [-0.2, 0) is 19.6 Å². The molecule has 0 aliphatic carbocycles. The molecule has 27 heavy (non-hydrogen) atoms. The molecule has 0 atom stereocenters. The molecule has 1 aliphatic heterocycles. The molecule has 150 valence electrons. The van der Waals surface area contributed by atoms with Crippen LogP contribution < -0.4 is 9.04 Å². The number of ether oxygens (including phenoxy) is 1. The first kappa shape index (κ1) is 21.0. The zero-order valence-electron chi connectivity index (χ0n) is 16.1. The van der Waals surface area contributed by atoms with Crippen LogP contribution in [0.4, 0.5) is 5.69 Å². The Kier molecular flexibility index (Phi) is 7.06. The van der Waals surface area contributed by atoms with Gasteiger partial charge in [0.15, 0.2) is 0 Å². The summed E-state index contributed by atoms with van der Waals surface area (Å²) in [6, 6.07) is 6.75. The number of amides is 2. The van der Waals surface area contributed by atoms with Crippen molar-refractivity contribution < 1.29 is 22.7 Å². The molecule has 0 spiro atoms. The van der Waals surface area contributed by atoms with E-state index in [2.05, 4.69) is 0 Å². The van der Waals surface area contributed by atoms with Gasteiger partial charge in [-0.2, -0.15) is 0 Å². The minimum atomic E-state index is -3.52.